The molecule has 0 bridgehead atoms. The van der Waals surface area contributed by atoms with Crippen LogP contribution in [0.15, 0.2) is 59.0 Å². The number of carbonyl (C=O) groups excluding carboxylic acids is 1. The summed E-state index contributed by atoms with van der Waals surface area (Å²) < 4.78 is 10.4. The van der Waals surface area contributed by atoms with Gasteiger partial charge in [0.05, 0.1) is 6.54 Å². The van der Waals surface area contributed by atoms with Crippen LogP contribution in [0.3, 0.4) is 0 Å². The molecule has 6 nitrogen and oxygen atoms in total. The lowest BCUT2D eigenvalue weighted by atomic mass is 10.1. The Morgan fingerprint density at radius 1 is 1.04 bits per heavy atom. The molecule has 0 aliphatic carbocycles. The van der Waals surface area contributed by atoms with Crippen LogP contribution in [0.25, 0.3) is 11.0 Å². The van der Waals surface area contributed by atoms with Crippen LogP contribution in [0.4, 0.5) is 4.79 Å². The number of carbonyl (C=O) groups is 2. The van der Waals surface area contributed by atoms with Crippen LogP contribution in [0.2, 0.25) is 0 Å². The highest BCUT2D eigenvalue weighted by atomic mass is 16.5. The number of benzene rings is 2. The maximum atomic E-state index is 11.8. The Morgan fingerprint density at radius 2 is 1.75 bits per heavy atom. The lowest BCUT2D eigenvalue weighted by Crippen LogP contribution is -2.24. The molecule has 0 atom stereocenters. The van der Waals surface area contributed by atoms with Gasteiger partial charge in [-0.2, -0.15) is 0 Å². The lowest BCUT2D eigenvalue weighted by Gasteiger charge is -2.07. The highest BCUT2D eigenvalue weighted by molar-refractivity contribution is 5.95. The summed E-state index contributed by atoms with van der Waals surface area (Å²) >= 11 is 0. The highest BCUT2D eigenvalue weighted by Crippen LogP contribution is 2.25. The van der Waals surface area contributed by atoms with Crippen LogP contribution in [0, 0.1) is 0 Å². The molecule has 122 valence electrons. The molecule has 1 amide bonds. The number of hydrogen-bond donors (Lipinski definition) is 2. The summed E-state index contributed by atoms with van der Waals surface area (Å²) in [5.74, 6) is -1.36. The molecule has 0 unspecified atom stereocenters. The molecule has 0 saturated carbocycles. The molecule has 0 aliphatic heterocycles. The van der Waals surface area contributed by atoms with E-state index >= 15 is 0 Å². The normalized spacial score (nSPS) is 10.5. The smallest absolute Gasteiger partial charge is 0.407 e. The molecule has 2 N–H and O–H groups in total. The molecule has 3 rings (SSSR count). The summed E-state index contributed by atoms with van der Waals surface area (Å²) in [5, 5.41) is 12.5. The molecular weight excluding hydrogens is 310 g/mol. The Hall–Kier alpha value is -3.28. The van der Waals surface area contributed by atoms with E-state index in [1.54, 1.807) is 24.3 Å². The van der Waals surface area contributed by atoms with Crippen molar-refractivity contribution in [3.8, 4) is 0 Å². The van der Waals surface area contributed by atoms with Gasteiger partial charge in [0, 0.05) is 10.9 Å². The van der Waals surface area contributed by atoms with E-state index < -0.39 is 12.1 Å². The van der Waals surface area contributed by atoms with Gasteiger partial charge < -0.3 is 19.6 Å². The Balaban J connectivity index is 1.68. The topological polar surface area (TPSA) is 88.8 Å². The summed E-state index contributed by atoms with van der Waals surface area (Å²) in [5.41, 5.74) is 1.74. The van der Waals surface area contributed by atoms with Gasteiger partial charge >= 0.3 is 12.1 Å². The van der Waals surface area contributed by atoms with Crippen molar-refractivity contribution >= 4 is 23.0 Å². The number of alkyl carbamates (subject to hydrolysis) is 1. The molecule has 0 fully saturated rings. The molecule has 2 aromatic carbocycles. The van der Waals surface area contributed by atoms with Crippen LogP contribution >= 0.6 is 0 Å². The first kappa shape index (κ1) is 15.6. The van der Waals surface area contributed by atoms with Gasteiger partial charge in [0.2, 0.25) is 5.76 Å². The predicted molar refractivity (Wildman–Crippen MR) is 86.6 cm³/mol. The molecule has 0 radical (unpaired) electrons. The van der Waals surface area contributed by atoms with Crippen molar-refractivity contribution in [2.45, 2.75) is 13.2 Å². The minimum absolute atomic E-state index is 0.00622. The molecule has 0 spiro atoms. The maximum Gasteiger partial charge on any atom is 0.407 e. The number of carboxylic acid groups (broad SMARTS) is 1. The standard InChI is InChI=1S/C18H15NO5/c20-17(21)16-14(13-8-4-5-9-15(13)24-16)10-19-18(22)23-11-12-6-2-1-3-7-12/h1-9H,10-11H2,(H,19,22)(H,20,21). The third-order valence-electron chi connectivity index (χ3n) is 3.51. The number of hydrogen-bond acceptors (Lipinski definition) is 4. The third kappa shape index (κ3) is 3.38. The number of rotatable bonds is 5. The van der Waals surface area contributed by atoms with Crippen molar-refractivity contribution in [1.82, 2.24) is 5.32 Å². The molecule has 1 heterocycles. The van der Waals surface area contributed by atoms with Gasteiger partial charge in [0.25, 0.3) is 0 Å². The van der Waals surface area contributed by atoms with Crippen molar-refractivity contribution < 1.29 is 23.8 Å². The van der Waals surface area contributed by atoms with E-state index in [0.29, 0.717) is 16.5 Å². The van der Waals surface area contributed by atoms with Crippen LogP contribution in [0.1, 0.15) is 21.7 Å². The fourth-order valence-corrected chi connectivity index (χ4v) is 2.38. The zero-order chi connectivity index (χ0) is 16.9. The first-order valence-electron chi connectivity index (χ1n) is 7.33. The summed E-state index contributed by atoms with van der Waals surface area (Å²) in [6.07, 6.45) is -0.625. The second-order valence-corrected chi connectivity index (χ2v) is 5.13. The van der Waals surface area contributed by atoms with Gasteiger partial charge in [-0.1, -0.05) is 48.5 Å². The first-order valence-corrected chi connectivity index (χ1v) is 7.33. The highest BCUT2D eigenvalue weighted by Gasteiger charge is 2.20. The number of ether oxygens (including phenoxy) is 1. The fourth-order valence-electron chi connectivity index (χ4n) is 2.38. The first-order chi connectivity index (χ1) is 11.6. The van der Waals surface area contributed by atoms with Crippen LogP contribution in [0.5, 0.6) is 0 Å². The van der Waals surface area contributed by atoms with E-state index in [1.807, 2.05) is 30.3 Å². The van der Waals surface area contributed by atoms with E-state index in [2.05, 4.69) is 5.32 Å². The molecule has 1 aromatic heterocycles. The van der Waals surface area contributed by atoms with Crippen molar-refractivity contribution in [3.63, 3.8) is 0 Å². The molecule has 3 aromatic rings. The van der Waals surface area contributed by atoms with E-state index in [4.69, 9.17) is 9.15 Å². The van der Waals surface area contributed by atoms with E-state index in [9.17, 15) is 14.7 Å². The minimum Gasteiger partial charge on any atom is -0.475 e. The second-order valence-electron chi connectivity index (χ2n) is 5.13. The monoisotopic (exact) mass is 325 g/mol. The van der Waals surface area contributed by atoms with E-state index in [0.717, 1.165) is 5.56 Å². The average molecular weight is 325 g/mol. The summed E-state index contributed by atoms with van der Waals surface area (Å²) in [6, 6.07) is 16.2. The number of fused-ring (bicyclic) bond motifs is 1. The van der Waals surface area contributed by atoms with Crippen LogP contribution in [-0.4, -0.2) is 17.2 Å². The molecular formula is C18H15NO5. The molecule has 24 heavy (non-hydrogen) atoms. The van der Waals surface area contributed by atoms with Gasteiger partial charge in [-0.15, -0.1) is 0 Å². The summed E-state index contributed by atoms with van der Waals surface area (Å²) in [4.78, 5) is 23.1. The molecule has 0 saturated heterocycles. The van der Waals surface area contributed by atoms with Crippen molar-refractivity contribution in [2.24, 2.45) is 0 Å². The Morgan fingerprint density at radius 3 is 2.50 bits per heavy atom. The third-order valence-corrected chi connectivity index (χ3v) is 3.51. The zero-order valence-electron chi connectivity index (χ0n) is 12.7. The van der Waals surface area contributed by atoms with Gasteiger partial charge in [0.1, 0.15) is 12.2 Å². The van der Waals surface area contributed by atoms with E-state index in [-0.39, 0.29) is 18.9 Å². The van der Waals surface area contributed by atoms with Gasteiger partial charge in [-0.25, -0.2) is 9.59 Å². The summed E-state index contributed by atoms with van der Waals surface area (Å²) in [6.45, 7) is 0.150. The van der Waals surface area contributed by atoms with Crippen molar-refractivity contribution in [1.29, 1.82) is 0 Å². The number of nitrogens with one attached hydrogen (secondary N) is 1. The van der Waals surface area contributed by atoms with Crippen LogP contribution in [-0.2, 0) is 17.9 Å². The molecule has 0 aliphatic rings. The van der Waals surface area contributed by atoms with Crippen molar-refractivity contribution in [2.75, 3.05) is 0 Å². The second kappa shape index (κ2) is 6.87. The predicted octanol–water partition coefficient (Wildman–Crippen LogP) is 3.56. The van der Waals surface area contributed by atoms with E-state index in [1.165, 1.54) is 0 Å². The number of para-hydroxylation sites is 1. The van der Waals surface area contributed by atoms with Gasteiger partial charge in [-0.3, -0.25) is 0 Å². The number of furan rings is 1. The Labute approximate surface area is 137 Å². The average Bonchev–Trinajstić information content (AvgIpc) is 2.98. The quantitative estimate of drug-likeness (QED) is 0.749. The minimum atomic E-state index is -1.18. The largest absolute Gasteiger partial charge is 0.475 e. The lowest BCUT2D eigenvalue weighted by molar-refractivity contribution is 0.0662. The number of aromatic carboxylic acids is 1. The van der Waals surface area contributed by atoms with Gasteiger partial charge in [0.15, 0.2) is 0 Å². The van der Waals surface area contributed by atoms with Crippen molar-refractivity contribution in [3.05, 3.63) is 71.5 Å². The number of carboxylic acids is 1. The Kier molecular flexibility index (Phi) is 4.47. The summed E-state index contributed by atoms with van der Waals surface area (Å²) in [7, 11) is 0. The maximum absolute atomic E-state index is 11.8. The number of amides is 1. The zero-order valence-corrected chi connectivity index (χ0v) is 12.7. The fraction of sp³-hybridized carbons (Fsp3) is 0.111. The Bertz CT molecular complexity index is 870. The SMILES string of the molecule is O=C(NCc1c(C(=O)O)oc2ccccc12)OCc1ccccc1. The van der Waals surface area contributed by atoms with Crippen LogP contribution < -0.4 is 5.32 Å². The molecule has 6 heteroatoms. The van der Waals surface area contributed by atoms with Gasteiger partial charge in [-0.05, 0) is 11.6 Å².